The summed E-state index contributed by atoms with van der Waals surface area (Å²) in [5.41, 5.74) is 11.4. The van der Waals surface area contributed by atoms with E-state index in [4.69, 9.17) is 16.6 Å². The quantitative estimate of drug-likeness (QED) is 0.107. The van der Waals surface area contributed by atoms with Crippen molar-refractivity contribution in [3.8, 4) is 5.75 Å². The van der Waals surface area contributed by atoms with Crippen LogP contribution in [0.5, 0.6) is 5.75 Å². The van der Waals surface area contributed by atoms with E-state index in [0.29, 0.717) is 11.3 Å². The minimum atomic E-state index is -1.60. The topological polar surface area (TPSA) is 251 Å². The molecular weight excluding hydrogens is 522 g/mol. The van der Waals surface area contributed by atoms with Crippen LogP contribution in [0.1, 0.15) is 31.2 Å². The van der Waals surface area contributed by atoms with Crippen molar-refractivity contribution in [1.29, 1.82) is 0 Å². The van der Waals surface area contributed by atoms with E-state index in [1.165, 1.54) is 36.0 Å². The van der Waals surface area contributed by atoms with Gasteiger partial charge in [0.1, 0.15) is 23.9 Å². The van der Waals surface area contributed by atoms with Crippen molar-refractivity contribution in [3.63, 3.8) is 0 Å². The molecule has 1 rings (SSSR count). The first-order chi connectivity index (χ1) is 17.8. The summed E-state index contributed by atoms with van der Waals surface area (Å²) < 4.78 is 0. The number of nitrogens with one attached hydrogen (secondary N) is 3. The lowest BCUT2D eigenvalue weighted by Crippen LogP contribution is -2.58. The lowest BCUT2D eigenvalue weighted by Gasteiger charge is -2.25. The molecule has 14 nitrogen and oxygen atoms in total. The third-order valence-electron chi connectivity index (χ3n) is 5.28. The molecule has 0 fully saturated rings. The van der Waals surface area contributed by atoms with E-state index in [1.54, 1.807) is 6.26 Å². The van der Waals surface area contributed by atoms with Crippen LogP contribution in [-0.4, -0.2) is 87.1 Å². The van der Waals surface area contributed by atoms with E-state index in [9.17, 15) is 39.0 Å². The van der Waals surface area contributed by atoms with Gasteiger partial charge >= 0.3 is 11.9 Å². The summed E-state index contributed by atoms with van der Waals surface area (Å²) in [5, 5.41) is 34.8. The number of carboxylic acid groups (broad SMARTS) is 2. The number of phenols is 1. The summed E-state index contributed by atoms with van der Waals surface area (Å²) in [6.45, 7) is 0. The SMILES string of the molecule is CSCCC(NC(=O)C(Cc1ccc(O)cc1)NC(=O)C(N)CCC(=O)O)C(=O)NC(CC(N)=O)C(=O)O. The first kappa shape index (κ1) is 32.2. The number of thioether (sulfide) groups is 1. The Hall–Kier alpha value is -3.85. The Morgan fingerprint density at radius 3 is 1.95 bits per heavy atom. The van der Waals surface area contributed by atoms with Crippen LogP contribution in [0, 0.1) is 0 Å². The normalized spacial score (nSPS) is 13.8. The Morgan fingerprint density at radius 1 is 0.868 bits per heavy atom. The third kappa shape index (κ3) is 11.9. The van der Waals surface area contributed by atoms with Gasteiger partial charge in [-0.25, -0.2) is 4.79 Å². The molecule has 0 spiro atoms. The van der Waals surface area contributed by atoms with E-state index in [0.717, 1.165) is 0 Å². The number of nitrogens with two attached hydrogens (primary N) is 2. The highest BCUT2D eigenvalue weighted by Crippen LogP contribution is 2.12. The van der Waals surface area contributed by atoms with Crippen molar-refractivity contribution in [3.05, 3.63) is 29.8 Å². The lowest BCUT2D eigenvalue weighted by atomic mass is 10.0. The number of carbonyl (C=O) groups excluding carboxylic acids is 4. The number of hydrogen-bond acceptors (Lipinski definition) is 9. The van der Waals surface area contributed by atoms with Crippen LogP contribution >= 0.6 is 11.8 Å². The van der Waals surface area contributed by atoms with E-state index in [1.807, 2.05) is 0 Å². The van der Waals surface area contributed by atoms with Crippen LogP contribution in [0.15, 0.2) is 24.3 Å². The number of carboxylic acids is 2. The summed E-state index contributed by atoms with van der Waals surface area (Å²) in [7, 11) is 0. The molecule has 210 valence electrons. The van der Waals surface area contributed by atoms with Gasteiger partial charge in [-0.3, -0.25) is 24.0 Å². The minimum Gasteiger partial charge on any atom is -0.508 e. The predicted molar refractivity (Wildman–Crippen MR) is 137 cm³/mol. The van der Waals surface area contributed by atoms with Crippen molar-refractivity contribution in [2.24, 2.45) is 11.5 Å². The van der Waals surface area contributed by atoms with Crippen LogP contribution in [-0.2, 0) is 35.2 Å². The summed E-state index contributed by atoms with van der Waals surface area (Å²) in [5.74, 6) is -5.65. The highest BCUT2D eigenvalue weighted by atomic mass is 32.2. The van der Waals surface area contributed by atoms with Gasteiger partial charge in [0.05, 0.1) is 12.5 Å². The van der Waals surface area contributed by atoms with Crippen molar-refractivity contribution in [2.45, 2.75) is 56.3 Å². The zero-order valence-corrected chi connectivity index (χ0v) is 21.5. The van der Waals surface area contributed by atoms with E-state index < -0.39 is 66.2 Å². The molecule has 0 aromatic heterocycles. The molecule has 0 bridgehead atoms. The first-order valence-corrected chi connectivity index (χ1v) is 12.9. The molecule has 4 atom stereocenters. The fourth-order valence-corrected chi connectivity index (χ4v) is 3.69. The fraction of sp³-hybridized carbons (Fsp3) is 0.478. The highest BCUT2D eigenvalue weighted by molar-refractivity contribution is 7.98. The summed E-state index contributed by atoms with van der Waals surface area (Å²) in [4.78, 5) is 72.0. The second kappa shape index (κ2) is 16.1. The predicted octanol–water partition coefficient (Wildman–Crippen LogP) is -1.71. The number of aromatic hydroxyl groups is 1. The Morgan fingerprint density at radius 2 is 1.42 bits per heavy atom. The molecule has 10 N–H and O–H groups in total. The first-order valence-electron chi connectivity index (χ1n) is 11.5. The molecule has 0 aliphatic heterocycles. The van der Waals surface area contributed by atoms with Crippen LogP contribution in [0.4, 0.5) is 0 Å². The van der Waals surface area contributed by atoms with Gasteiger partial charge in [-0.2, -0.15) is 11.8 Å². The van der Waals surface area contributed by atoms with Crippen molar-refractivity contribution in [2.75, 3.05) is 12.0 Å². The fourth-order valence-electron chi connectivity index (χ4n) is 3.22. The average Bonchev–Trinajstić information content (AvgIpc) is 2.84. The zero-order valence-electron chi connectivity index (χ0n) is 20.7. The molecule has 0 aliphatic carbocycles. The van der Waals surface area contributed by atoms with Gasteiger partial charge in [-0.15, -0.1) is 0 Å². The van der Waals surface area contributed by atoms with Gasteiger partial charge in [0.25, 0.3) is 0 Å². The maximum absolute atomic E-state index is 13.2. The maximum Gasteiger partial charge on any atom is 0.326 e. The molecule has 1 aromatic carbocycles. The second-order valence-electron chi connectivity index (χ2n) is 8.38. The van der Waals surface area contributed by atoms with E-state index in [2.05, 4.69) is 16.0 Å². The summed E-state index contributed by atoms with van der Waals surface area (Å²) >= 11 is 1.37. The largest absolute Gasteiger partial charge is 0.508 e. The van der Waals surface area contributed by atoms with Gasteiger partial charge in [-0.05, 0) is 42.5 Å². The second-order valence-corrected chi connectivity index (χ2v) is 9.37. The number of hydrogen-bond donors (Lipinski definition) is 8. The molecule has 4 amide bonds. The minimum absolute atomic E-state index is 0.0211. The number of primary amides is 1. The monoisotopic (exact) mass is 555 g/mol. The van der Waals surface area contributed by atoms with Crippen molar-refractivity contribution in [1.82, 2.24) is 16.0 Å². The molecule has 4 unspecified atom stereocenters. The molecule has 15 heteroatoms. The highest BCUT2D eigenvalue weighted by Gasteiger charge is 2.31. The molecule has 1 aromatic rings. The third-order valence-corrected chi connectivity index (χ3v) is 5.92. The number of amides is 4. The molecule has 0 saturated heterocycles. The number of carbonyl (C=O) groups is 6. The average molecular weight is 556 g/mol. The van der Waals surface area contributed by atoms with E-state index >= 15 is 0 Å². The van der Waals surface area contributed by atoms with E-state index in [-0.39, 0.29) is 31.4 Å². The van der Waals surface area contributed by atoms with Gasteiger partial charge in [0.2, 0.25) is 23.6 Å². The summed E-state index contributed by atoms with van der Waals surface area (Å²) in [6.07, 6.45) is 0.591. The van der Waals surface area contributed by atoms with Gasteiger partial charge in [-0.1, -0.05) is 12.1 Å². The molecule has 38 heavy (non-hydrogen) atoms. The Labute approximate surface area is 222 Å². The van der Waals surface area contributed by atoms with Crippen LogP contribution in [0.3, 0.4) is 0 Å². The molecular formula is C23H33N5O9S. The van der Waals surface area contributed by atoms with Gasteiger partial charge in [0, 0.05) is 12.8 Å². The number of phenolic OH excluding ortho intramolecular Hbond substituents is 1. The number of benzene rings is 1. The molecule has 0 heterocycles. The summed E-state index contributed by atoms with van der Waals surface area (Å²) in [6, 6.07) is 0.499. The maximum atomic E-state index is 13.2. The number of rotatable bonds is 17. The molecule has 0 saturated carbocycles. The van der Waals surface area contributed by atoms with Gasteiger partial charge in [0.15, 0.2) is 0 Å². The lowest BCUT2D eigenvalue weighted by molar-refractivity contribution is -0.143. The van der Waals surface area contributed by atoms with Crippen molar-refractivity contribution >= 4 is 47.3 Å². The molecule has 0 radical (unpaired) electrons. The zero-order chi connectivity index (χ0) is 28.8. The smallest absolute Gasteiger partial charge is 0.326 e. The Balaban J connectivity index is 3.12. The Kier molecular flexibility index (Phi) is 13.6. The van der Waals surface area contributed by atoms with Crippen LogP contribution in [0.2, 0.25) is 0 Å². The van der Waals surface area contributed by atoms with Gasteiger partial charge < -0.3 is 42.7 Å². The van der Waals surface area contributed by atoms with Crippen LogP contribution in [0.25, 0.3) is 0 Å². The molecule has 0 aliphatic rings. The van der Waals surface area contributed by atoms with Crippen LogP contribution < -0.4 is 27.4 Å². The van der Waals surface area contributed by atoms with Crippen molar-refractivity contribution < 1.29 is 44.1 Å². The Bertz CT molecular complexity index is 1010. The number of aliphatic carboxylic acids is 2. The standard InChI is InChI=1S/C23H33N5O9S/c1-38-9-8-15(21(34)28-17(23(36)37)11-18(25)30)26-22(35)16(10-12-2-4-13(29)5-3-12)27-20(33)14(24)6-7-19(31)32/h2-5,14-17,29H,6-11,24H2,1H3,(H2,25,30)(H,26,35)(H,27,33)(H,28,34)(H,31,32)(H,36,37).